The highest BCUT2D eigenvalue weighted by Crippen LogP contribution is 2.29. The summed E-state index contributed by atoms with van der Waals surface area (Å²) in [6.07, 6.45) is 0.950. The molecule has 0 saturated carbocycles. The number of anilines is 1. The second kappa shape index (κ2) is 6.13. The zero-order valence-electron chi connectivity index (χ0n) is 11.2. The minimum Gasteiger partial charge on any atom is -0.377 e. The number of hydrogen-bond donors (Lipinski definition) is 1. The third-order valence-electron chi connectivity index (χ3n) is 3.65. The van der Waals surface area contributed by atoms with Gasteiger partial charge in [0.15, 0.2) is 17.3 Å². The molecule has 0 amide bonds. The number of likely N-dealkylation sites (tertiary alicyclic amines) is 1. The number of benzene rings is 1. The van der Waals surface area contributed by atoms with Crippen molar-refractivity contribution < 1.29 is 13.7 Å². The van der Waals surface area contributed by atoms with E-state index >= 15 is 0 Å². The van der Waals surface area contributed by atoms with E-state index in [9.17, 15) is 18.9 Å². The Labute approximate surface area is 115 Å². The molecule has 1 aromatic carbocycles. The standard InChI is InChI=1S/C13H17F2N3O2/c1-2-17-6-5-9(8-17)7-16-13-11(18(19)20)4-3-10(14)12(13)15/h3-4,9,16H,2,5-8H2,1H3. The number of nitro groups is 1. The van der Waals surface area contributed by atoms with E-state index in [2.05, 4.69) is 17.1 Å². The summed E-state index contributed by atoms with van der Waals surface area (Å²) in [6.45, 7) is 5.25. The lowest BCUT2D eigenvalue weighted by atomic mass is 10.1. The largest absolute Gasteiger partial charge is 0.377 e. The molecular weight excluding hydrogens is 268 g/mol. The predicted octanol–water partition coefficient (Wildman–Crippen LogP) is 2.63. The van der Waals surface area contributed by atoms with E-state index < -0.39 is 22.2 Å². The highest BCUT2D eigenvalue weighted by Gasteiger charge is 2.25. The van der Waals surface area contributed by atoms with Gasteiger partial charge in [0.25, 0.3) is 5.69 Å². The molecule has 110 valence electrons. The summed E-state index contributed by atoms with van der Waals surface area (Å²) in [7, 11) is 0. The third-order valence-corrected chi connectivity index (χ3v) is 3.65. The van der Waals surface area contributed by atoms with E-state index in [-0.39, 0.29) is 11.6 Å². The van der Waals surface area contributed by atoms with Crippen LogP contribution in [0.3, 0.4) is 0 Å². The Bertz CT molecular complexity index is 511. The predicted molar refractivity (Wildman–Crippen MR) is 71.7 cm³/mol. The Balaban J connectivity index is 2.09. The molecule has 0 spiro atoms. The summed E-state index contributed by atoms with van der Waals surface area (Å²) < 4.78 is 26.9. The summed E-state index contributed by atoms with van der Waals surface area (Å²) in [5, 5.41) is 13.6. The Morgan fingerprint density at radius 3 is 2.85 bits per heavy atom. The normalized spacial score (nSPS) is 19.2. The maximum atomic E-state index is 13.7. The lowest BCUT2D eigenvalue weighted by Crippen LogP contribution is -2.23. The van der Waals surface area contributed by atoms with Crippen LogP contribution in [0.15, 0.2) is 12.1 Å². The Kier molecular flexibility index (Phi) is 4.49. The fourth-order valence-corrected chi connectivity index (χ4v) is 2.47. The van der Waals surface area contributed by atoms with E-state index in [0.717, 1.165) is 38.2 Å². The Morgan fingerprint density at radius 2 is 2.25 bits per heavy atom. The molecule has 1 N–H and O–H groups in total. The van der Waals surface area contributed by atoms with Crippen molar-refractivity contribution in [2.45, 2.75) is 13.3 Å². The first-order chi connectivity index (χ1) is 9.52. The minimum absolute atomic E-state index is 0.289. The van der Waals surface area contributed by atoms with Gasteiger partial charge >= 0.3 is 0 Å². The molecule has 1 fully saturated rings. The summed E-state index contributed by atoms with van der Waals surface area (Å²) in [5.41, 5.74) is -0.792. The number of nitrogens with one attached hydrogen (secondary N) is 1. The van der Waals surface area contributed by atoms with Crippen molar-refractivity contribution in [1.29, 1.82) is 0 Å². The summed E-state index contributed by atoms with van der Waals surface area (Å²) in [6, 6.07) is 1.75. The van der Waals surface area contributed by atoms with Crippen molar-refractivity contribution in [2.75, 3.05) is 31.5 Å². The van der Waals surface area contributed by atoms with Crippen molar-refractivity contribution in [3.63, 3.8) is 0 Å². The molecule has 0 aliphatic carbocycles. The van der Waals surface area contributed by atoms with Gasteiger partial charge in [-0.05, 0) is 31.5 Å². The molecule has 1 aromatic rings. The second-order valence-electron chi connectivity index (χ2n) is 4.94. The molecule has 1 unspecified atom stereocenters. The molecule has 1 saturated heterocycles. The number of rotatable bonds is 5. The average molecular weight is 285 g/mol. The van der Waals surface area contributed by atoms with Gasteiger partial charge in [-0.2, -0.15) is 0 Å². The van der Waals surface area contributed by atoms with Crippen molar-refractivity contribution >= 4 is 11.4 Å². The minimum atomic E-state index is -1.19. The molecule has 1 aliphatic rings. The number of hydrogen-bond acceptors (Lipinski definition) is 4. The second-order valence-corrected chi connectivity index (χ2v) is 4.94. The van der Waals surface area contributed by atoms with Crippen molar-refractivity contribution in [1.82, 2.24) is 4.90 Å². The van der Waals surface area contributed by atoms with Gasteiger partial charge < -0.3 is 10.2 Å². The van der Waals surface area contributed by atoms with Gasteiger partial charge in [-0.25, -0.2) is 8.78 Å². The van der Waals surface area contributed by atoms with Gasteiger partial charge in [0.05, 0.1) is 4.92 Å². The molecule has 0 bridgehead atoms. The molecule has 7 heteroatoms. The first-order valence-corrected chi connectivity index (χ1v) is 6.61. The molecule has 1 atom stereocenters. The van der Waals surface area contributed by atoms with Crippen LogP contribution in [0.25, 0.3) is 0 Å². The van der Waals surface area contributed by atoms with Gasteiger partial charge in [-0.15, -0.1) is 0 Å². The van der Waals surface area contributed by atoms with Crippen LogP contribution in [0.5, 0.6) is 0 Å². The summed E-state index contributed by atoms with van der Waals surface area (Å²) >= 11 is 0. The fourth-order valence-electron chi connectivity index (χ4n) is 2.47. The van der Waals surface area contributed by atoms with Gasteiger partial charge in [0.1, 0.15) is 0 Å². The molecule has 0 aromatic heterocycles. The van der Waals surface area contributed by atoms with E-state index in [1.54, 1.807) is 0 Å². The first kappa shape index (κ1) is 14.6. The zero-order valence-corrected chi connectivity index (χ0v) is 11.2. The van der Waals surface area contributed by atoms with Crippen LogP contribution < -0.4 is 5.32 Å². The average Bonchev–Trinajstić information content (AvgIpc) is 2.88. The van der Waals surface area contributed by atoms with Crippen molar-refractivity contribution in [3.8, 4) is 0 Å². The fraction of sp³-hybridized carbons (Fsp3) is 0.538. The van der Waals surface area contributed by atoms with Crippen LogP contribution in [0.1, 0.15) is 13.3 Å². The quantitative estimate of drug-likeness (QED) is 0.667. The first-order valence-electron chi connectivity index (χ1n) is 6.61. The highest BCUT2D eigenvalue weighted by atomic mass is 19.2. The molecule has 20 heavy (non-hydrogen) atoms. The lowest BCUT2D eigenvalue weighted by Gasteiger charge is -2.15. The van der Waals surface area contributed by atoms with Crippen LogP contribution >= 0.6 is 0 Å². The third kappa shape index (κ3) is 3.04. The smallest absolute Gasteiger partial charge is 0.295 e. The molecule has 1 aliphatic heterocycles. The van der Waals surface area contributed by atoms with Gasteiger partial charge in [-0.3, -0.25) is 10.1 Å². The van der Waals surface area contributed by atoms with Crippen LogP contribution in [0, 0.1) is 27.7 Å². The maximum absolute atomic E-state index is 13.7. The molecule has 2 rings (SSSR count). The number of nitro benzene ring substituents is 1. The van der Waals surface area contributed by atoms with E-state index in [1.165, 1.54) is 0 Å². The van der Waals surface area contributed by atoms with Crippen LogP contribution in [0.4, 0.5) is 20.2 Å². The van der Waals surface area contributed by atoms with E-state index in [1.807, 2.05) is 0 Å². The summed E-state index contributed by atoms with van der Waals surface area (Å²) in [4.78, 5) is 12.4. The molecular formula is C13H17F2N3O2. The van der Waals surface area contributed by atoms with Gasteiger partial charge in [-0.1, -0.05) is 6.92 Å². The molecule has 0 radical (unpaired) electrons. The monoisotopic (exact) mass is 285 g/mol. The SMILES string of the molecule is CCN1CCC(CNc2c([N+](=O)[O-])ccc(F)c2F)C1. The van der Waals surface area contributed by atoms with E-state index in [0.29, 0.717) is 6.54 Å². The Hall–Kier alpha value is -1.76. The number of nitrogens with zero attached hydrogens (tertiary/aromatic N) is 2. The van der Waals surface area contributed by atoms with Crippen LogP contribution in [0.2, 0.25) is 0 Å². The molecule has 5 nitrogen and oxygen atoms in total. The topological polar surface area (TPSA) is 58.4 Å². The van der Waals surface area contributed by atoms with Gasteiger partial charge in [0.2, 0.25) is 0 Å². The highest BCUT2D eigenvalue weighted by molar-refractivity contribution is 5.62. The lowest BCUT2D eigenvalue weighted by molar-refractivity contribution is -0.384. The Morgan fingerprint density at radius 1 is 1.50 bits per heavy atom. The number of halogens is 2. The van der Waals surface area contributed by atoms with Crippen molar-refractivity contribution in [2.24, 2.45) is 5.92 Å². The van der Waals surface area contributed by atoms with Crippen molar-refractivity contribution in [3.05, 3.63) is 33.9 Å². The molecule has 1 heterocycles. The van der Waals surface area contributed by atoms with Gasteiger partial charge in [0, 0.05) is 19.2 Å². The maximum Gasteiger partial charge on any atom is 0.295 e. The zero-order chi connectivity index (χ0) is 14.7. The van der Waals surface area contributed by atoms with E-state index in [4.69, 9.17) is 0 Å². The summed E-state index contributed by atoms with van der Waals surface area (Å²) in [5.74, 6) is -1.98. The van der Waals surface area contributed by atoms with Crippen LogP contribution in [-0.2, 0) is 0 Å². The van der Waals surface area contributed by atoms with Crippen LogP contribution in [-0.4, -0.2) is 36.0 Å².